The lowest BCUT2D eigenvalue weighted by Crippen LogP contribution is -2.41. The van der Waals surface area contributed by atoms with Crippen LogP contribution in [0.5, 0.6) is 5.88 Å². The van der Waals surface area contributed by atoms with Crippen LogP contribution in [0.25, 0.3) is 0 Å². The molecule has 1 aliphatic rings. The Morgan fingerprint density at radius 1 is 1.19 bits per heavy atom. The summed E-state index contributed by atoms with van der Waals surface area (Å²) in [6.07, 6.45) is 2.26. The molecular formula is C18H19FN2O4S. The fraction of sp³-hybridized carbons (Fsp3) is 0.333. The van der Waals surface area contributed by atoms with Gasteiger partial charge >= 0.3 is 0 Å². The fourth-order valence-electron chi connectivity index (χ4n) is 2.74. The van der Waals surface area contributed by atoms with Gasteiger partial charge in [-0.3, -0.25) is 4.79 Å². The summed E-state index contributed by atoms with van der Waals surface area (Å²) in [5, 5.41) is 2.83. The van der Waals surface area contributed by atoms with Crippen molar-refractivity contribution in [3.63, 3.8) is 0 Å². The fourth-order valence-corrected chi connectivity index (χ4v) is 4.23. The molecule has 1 aliphatic heterocycles. The Labute approximate surface area is 151 Å². The zero-order chi connectivity index (χ0) is 18.6. The average molecular weight is 378 g/mol. The molecule has 6 nitrogen and oxygen atoms in total. The molecule has 0 aliphatic carbocycles. The Hall–Kier alpha value is -2.48. The number of amides is 1. The topological polar surface area (TPSA) is 85.4 Å². The van der Waals surface area contributed by atoms with Crippen molar-refractivity contribution in [3.8, 4) is 5.88 Å². The predicted molar refractivity (Wildman–Crippen MR) is 94.1 cm³/mol. The zero-order valence-electron chi connectivity index (χ0n) is 14.0. The molecule has 0 spiro atoms. The third-order valence-corrected chi connectivity index (χ3v) is 5.94. The predicted octanol–water partition coefficient (Wildman–Crippen LogP) is 2.11. The molecule has 26 heavy (non-hydrogen) atoms. The Morgan fingerprint density at radius 3 is 2.65 bits per heavy atom. The minimum Gasteiger partial charge on any atom is -0.472 e. The lowest BCUT2D eigenvalue weighted by Gasteiger charge is -2.23. The summed E-state index contributed by atoms with van der Waals surface area (Å²) in [4.78, 5) is 16.6. The first-order valence-corrected chi connectivity index (χ1v) is 10.1. The molecule has 8 heteroatoms. The molecule has 0 radical (unpaired) electrons. The number of nitrogens with zero attached hydrogens (tertiary/aromatic N) is 1. The zero-order valence-corrected chi connectivity index (χ0v) is 14.8. The van der Waals surface area contributed by atoms with Gasteiger partial charge in [0.1, 0.15) is 27.8 Å². The summed E-state index contributed by atoms with van der Waals surface area (Å²) < 4.78 is 42.2. The molecule has 0 bridgehead atoms. The van der Waals surface area contributed by atoms with Gasteiger partial charge < -0.3 is 10.1 Å². The van der Waals surface area contributed by atoms with Crippen LogP contribution < -0.4 is 10.1 Å². The smallest absolute Gasteiger partial charge is 0.256 e. The number of benzene rings is 1. The molecule has 0 saturated carbocycles. The number of pyridine rings is 1. The van der Waals surface area contributed by atoms with Gasteiger partial charge in [-0.05, 0) is 31.0 Å². The van der Waals surface area contributed by atoms with Crippen LogP contribution in [0.3, 0.4) is 0 Å². The van der Waals surface area contributed by atoms with E-state index in [0.717, 1.165) is 0 Å². The lowest BCUT2D eigenvalue weighted by atomic mass is 10.1. The maximum absolute atomic E-state index is 13.7. The quantitative estimate of drug-likeness (QED) is 0.861. The molecule has 0 unspecified atom stereocenters. The number of halogens is 1. The molecule has 0 atom stereocenters. The van der Waals surface area contributed by atoms with Gasteiger partial charge in [-0.15, -0.1) is 0 Å². The van der Waals surface area contributed by atoms with Crippen molar-refractivity contribution in [2.45, 2.75) is 25.5 Å². The second-order valence-corrected chi connectivity index (χ2v) is 8.44. The molecule has 1 aromatic heterocycles. The maximum atomic E-state index is 13.7. The van der Waals surface area contributed by atoms with Crippen molar-refractivity contribution in [3.05, 3.63) is 59.5 Å². The van der Waals surface area contributed by atoms with Crippen LogP contribution in [0.1, 0.15) is 28.8 Å². The van der Waals surface area contributed by atoms with Crippen molar-refractivity contribution in [1.29, 1.82) is 0 Å². The van der Waals surface area contributed by atoms with Crippen LogP contribution in [0.15, 0.2) is 42.6 Å². The summed E-state index contributed by atoms with van der Waals surface area (Å²) in [5.74, 6) is -0.524. The molecule has 1 N–H and O–H groups in total. The second kappa shape index (κ2) is 7.82. The number of hydrogen-bond donors (Lipinski definition) is 1. The van der Waals surface area contributed by atoms with Gasteiger partial charge in [0.05, 0.1) is 11.5 Å². The Bertz CT molecular complexity index is 888. The first-order chi connectivity index (χ1) is 12.4. The number of nitrogens with one attached hydrogen (secondary N) is 1. The Balaban J connectivity index is 1.66. The monoisotopic (exact) mass is 378 g/mol. The molecule has 1 fully saturated rings. The van der Waals surface area contributed by atoms with E-state index in [1.54, 1.807) is 30.3 Å². The van der Waals surface area contributed by atoms with E-state index in [1.807, 2.05) is 0 Å². The van der Waals surface area contributed by atoms with Gasteiger partial charge in [-0.25, -0.2) is 17.8 Å². The number of carbonyl (C=O) groups excluding carboxylic acids is 1. The summed E-state index contributed by atoms with van der Waals surface area (Å²) >= 11 is 0. The number of ether oxygens (including phenoxy) is 1. The van der Waals surface area contributed by atoms with E-state index in [9.17, 15) is 17.6 Å². The highest BCUT2D eigenvalue weighted by Gasteiger charge is 2.26. The molecule has 138 valence electrons. The SMILES string of the molecule is O=C(NC1CCS(=O)(=O)CC1)c1cccnc1OCc1ccccc1F. The largest absolute Gasteiger partial charge is 0.472 e. The Morgan fingerprint density at radius 2 is 1.92 bits per heavy atom. The third-order valence-electron chi connectivity index (χ3n) is 4.23. The van der Waals surface area contributed by atoms with Gasteiger partial charge in [0.2, 0.25) is 5.88 Å². The number of sulfone groups is 1. The second-order valence-electron chi connectivity index (χ2n) is 6.14. The summed E-state index contributed by atoms with van der Waals surface area (Å²) in [6, 6.07) is 9.19. The first kappa shape index (κ1) is 18.3. The highest BCUT2D eigenvalue weighted by atomic mass is 32.2. The van der Waals surface area contributed by atoms with E-state index >= 15 is 0 Å². The highest BCUT2D eigenvalue weighted by Crippen LogP contribution is 2.19. The van der Waals surface area contributed by atoms with Crippen LogP contribution in [0.4, 0.5) is 4.39 Å². The molecule has 1 aromatic carbocycles. The minimum atomic E-state index is -2.99. The van der Waals surface area contributed by atoms with E-state index in [0.29, 0.717) is 18.4 Å². The first-order valence-electron chi connectivity index (χ1n) is 8.27. The van der Waals surface area contributed by atoms with Crippen molar-refractivity contribution < 1.29 is 22.3 Å². The van der Waals surface area contributed by atoms with Gasteiger partial charge in [-0.2, -0.15) is 0 Å². The van der Waals surface area contributed by atoms with Crippen LogP contribution in [0.2, 0.25) is 0 Å². The molecule has 1 amide bonds. The molecule has 1 saturated heterocycles. The van der Waals surface area contributed by atoms with Gasteiger partial charge in [0.15, 0.2) is 0 Å². The standard InChI is InChI=1S/C18H19FN2O4S/c19-16-6-2-1-4-13(16)12-25-18-15(5-3-9-20-18)17(22)21-14-7-10-26(23,24)11-8-14/h1-6,9,14H,7-8,10-12H2,(H,21,22). The van der Waals surface area contributed by atoms with Gasteiger partial charge in [-0.1, -0.05) is 18.2 Å². The highest BCUT2D eigenvalue weighted by molar-refractivity contribution is 7.91. The normalized spacial score (nSPS) is 16.8. The van der Waals surface area contributed by atoms with Crippen molar-refractivity contribution in [1.82, 2.24) is 10.3 Å². The Kier molecular flexibility index (Phi) is 5.51. The van der Waals surface area contributed by atoms with Crippen molar-refractivity contribution in [2.24, 2.45) is 0 Å². The number of carbonyl (C=O) groups is 1. The molecule has 2 aromatic rings. The van der Waals surface area contributed by atoms with E-state index in [4.69, 9.17) is 4.74 Å². The summed E-state index contributed by atoms with van der Waals surface area (Å²) in [7, 11) is -2.99. The minimum absolute atomic E-state index is 0.0500. The van der Waals surface area contributed by atoms with E-state index in [-0.39, 0.29) is 41.5 Å². The third kappa shape index (κ3) is 4.57. The summed E-state index contributed by atoms with van der Waals surface area (Å²) in [6.45, 7) is -0.0500. The van der Waals surface area contributed by atoms with E-state index in [2.05, 4.69) is 10.3 Å². The lowest BCUT2D eigenvalue weighted by molar-refractivity contribution is 0.0928. The van der Waals surface area contributed by atoms with Crippen molar-refractivity contribution >= 4 is 15.7 Å². The van der Waals surface area contributed by atoms with Crippen LogP contribution in [0, 0.1) is 5.82 Å². The van der Waals surface area contributed by atoms with Crippen LogP contribution in [-0.4, -0.2) is 36.9 Å². The maximum Gasteiger partial charge on any atom is 0.256 e. The number of rotatable bonds is 5. The van der Waals surface area contributed by atoms with Gasteiger partial charge in [0.25, 0.3) is 5.91 Å². The number of hydrogen-bond acceptors (Lipinski definition) is 5. The number of aromatic nitrogens is 1. The van der Waals surface area contributed by atoms with Crippen molar-refractivity contribution in [2.75, 3.05) is 11.5 Å². The summed E-state index contributed by atoms with van der Waals surface area (Å²) in [5.41, 5.74) is 0.597. The van der Waals surface area contributed by atoms with E-state index < -0.39 is 15.7 Å². The van der Waals surface area contributed by atoms with Gasteiger partial charge in [0, 0.05) is 17.8 Å². The molecular weight excluding hydrogens is 359 g/mol. The molecule has 2 heterocycles. The molecule has 3 rings (SSSR count). The van der Waals surface area contributed by atoms with E-state index in [1.165, 1.54) is 12.3 Å². The average Bonchev–Trinajstić information content (AvgIpc) is 2.63. The van der Waals surface area contributed by atoms with Crippen LogP contribution in [-0.2, 0) is 16.4 Å². The van der Waals surface area contributed by atoms with Crippen LogP contribution >= 0.6 is 0 Å².